The summed E-state index contributed by atoms with van der Waals surface area (Å²) < 4.78 is 0. The van der Waals surface area contributed by atoms with Gasteiger partial charge in [-0.25, -0.2) is 15.2 Å². The van der Waals surface area contributed by atoms with Gasteiger partial charge in [0, 0.05) is 18.3 Å². The molecule has 0 spiro atoms. The summed E-state index contributed by atoms with van der Waals surface area (Å²) in [7, 11) is 0. The third-order valence-electron chi connectivity index (χ3n) is 2.28. The van der Waals surface area contributed by atoms with Gasteiger partial charge in [-0.15, -0.1) is 0 Å². The van der Waals surface area contributed by atoms with E-state index in [1.54, 1.807) is 36.5 Å². The fourth-order valence-corrected chi connectivity index (χ4v) is 1.37. The van der Waals surface area contributed by atoms with Crippen molar-refractivity contribution in [3.63, 3.8) is 0 Å². The number of amides is 3. The Morgan fingerprint density at radius 1 is 1.17 bits per heavy atom. The Hall–Kier alpha value is -2.63. The third kappa shape index (κ3) is 2.94. The Morgan fingerprint density at radius 2 is 1.94 bits per heavy atom. The largest absolute Gasteiger partial charge is 0.341 e. The van der Waals surface area contributed by atoms with E-state index in [1.807, 2.05) is 6.07 Å². The van der Waals surface area contributed by atoms with Gasteiger partial charge >= 0.3 is 6.03 Å². The lowest BCUT2D eigenvalue weighted by atomic mass is 10.2. The van der Waals surface area contributed by atoms with Crippen molar-refractivity contribution in [1.29, 1.82) is 0 Å². The van der Waals surface area contributed by atoms with Crippen molar-refractivity contribution in [1.82, 2.24) is 15.8 Å². The third-order valence-corrected chi connectivity index (χ3v) is 2.28. The number of hydrazine groups is 1. The van der Waals surface area contributed by atoms with E-state index in [0.29, 0.717) is 12.1 Å². The van der Waals surface area contributed by atoms with Crippen LogP contribution in [0.1, 0.15) is 10.4 Å². The van der Waals surface area contributed by atoms with E-state index in [9.17, 15) is 9.59 Å². The van der Waals surface area contributed by atoms with Crippen molar-refractivity contribution in [2.75, 3.05) is 6.54 Å². The molecule has 0 saturated heterocycles. The molecular formula is C12H12N4O2. The monoisotopic (exact) mass is 244 g/mol. The number of nitrogens with zero attached hydrogens (tertiary/aromatic N) is 2. The number of rotatable bonds is 1. The van der Waals surface area contributed by atoms with Gasteiger partial charge in [0.05, 0.1) is 6.34 Å². The van der Waals surface area contributed by atoms with E-state index >= 15 is 0 Å². The number of aliphatic imine (C=N–C) groups is 1. The highest BCUT2D eigenvalue weighted by molar-refractivity contribution is 5.96. The van der Waals surface area contributed by atoms with Crippen LogP contribution in [0.4, 0.5) is 4.79 Å². The molecule has 0 aromatic heterocycles. The number of nitrogens with one attached hydrogen (secondary N) is 2. The summed E-state index contributed by atoms with van der Waals surface area (Å²) in [5.74, 6) is -0.367. The van der Waals surface area contributed by atoms with Crippen LogP contribution in [0.2, 0.25) is 0 Å². The molecule has 2 N–H and O–H groups in total. The minimum Gasteiger partial charge on any atom is -0.279 e. The van der Waals surface area contributed by atoms with Crippen molar-refractivity contribution in [2.45, 2.75) is 0 Å². The average molecular weight is 244 g/mol. The van der Waals surface area contributed by atoms with E-state index in [-0.39, 0.29) is 5.91 Å². The maximum atomic E-state index is 11.6. The van der Waals surface area contributed by atoms with Gasteiger partial charge in [-0.05, 0) is 18.2 Å². The zero-order valence-corrected chi connectivity index (χ0v) is 9.54. The van der Waals surface area contributed by atoms with E-state index in [2.05, 4.69) is 15.8 Å². The molecule has 0 saturated carbocycles. The molecular weight excluding hydrogens is 232 g/mol. The van der Waals surface area contributed by atoms with E-state index < -0.39 is 6.03 Å². The van der Waals surface area contributed by atoms with Gasteiger partial charge < -0.3 is 0 Å². The van der Waals surface area contributed by atoms with Gasteiger partial charge in [0.25, 0.3) is 5.91 Å². The number of carbonyl (C=O) groups excluding carboxylic acids is 2. The average Bonchev–Trinajstić information content (AvgIpc) is 2.46. The van der Waals surface area contributed by atoms with Gasteiger partial charge in [-0.2, -0.15) is 0 Å². The van der Waals surface area contributed by atoms with Gasteiger partial charge in [-0.1, -0.05) is 18.2 Å². The van der Waals surface area contributed by atoms with Crippen molar-refractivity contribution in [3.05, 3.63) is 48.2 Å². The fraction of sp³-hybridized carbons (Fsp3) is 0.0833. The van der Waals surface area contributed by atoms with Crippen LogP contribution in [-0.4, -0.2) is 29.7 Å². The Labute approximate surface area is 104 Å². The summed E-state index contributed by atoms with van der Waals surface area (Å²) in [5, 5.41) is 0. The predicted octanol–water partition coefficient (Wildman–Crippen LogP) is 0.899. The highest BCUT2D eigenvalue weighted by atomic mass is 16.2. The Balaban J connectivity index is 1.85. The van der Waals surface area contributed by atoms with Crippen LogP contribution >= 0.6 is 0 Å². The molecule has 0 aliphatic carbocycles. The molecule has 1 aromatic rings. The second-order valence-corrected chi connectivity index (χ2v) is 3.55. The SMILES string of the molecule is O=C(NNC(=O)N1C=NC=CC1)c1ccccc1. The standard InChI is InChI=1S/C12H12N4O2/c17-11(10-5-2-1-3-6-10)14-15-12(18)16-8-4-7-13-9-16/h1-7,9H,8H2,(H,14,17)(H,15,18). The van der Waals surface area contributed by atoms with Crippen molar-refractivity contribution in [2.24, 2.45) is 4.99 Å². The van der Waals surface area contributed by atoms with Crippen LogP contribution in [-0.2, 0) is 0 Å². The minimum absolute atomic E-state index is 0.367. The molecule has 0 bridgehead atoms. The maximum Gasteiger partial charge on any atom is 0.341 e. The molecule has 0 unspecified atom stereocenters. The summed E-state index contributed by atoms with van der Waals surface area (Å²) in [4.78, 5) is 28.4. The molecule has 1 aliphatic rings. The summed E-state index contributed by atoms with van der Waals surface area (Å²) in [6, 6.07) is 8.19. The van der Waals surface area contributed by atoms with E-state index in [1.165, 1.54) is 11.2 Å². The fourth-order valence-electron chi connectivity index (χ4n) is 1.37. The summed E-state index contributed by atoms with van der Waals surface area (Å²) >= 11 is 0. The molecule has 1 aromatic carbocycles. The quantitative estimate of drug-likeness (QED) is 0.720. The van der Waals surface area contributed by atoms with Crippen LogP contribution in [0.5, 0.6) is 0 Å². The number of hydrogen-bond acceptors (Lipinski definition) is 3. The number of carbonyl (C=O) groups is 2. The number of hydrogen-bond donors (Lipinski definition) is 2. The summed E-state index contributed by atoms with van der Waals surface area (Å²) in [5.41, 5.74) is 5.12. The molecule has 2 rings (SSSR count). The summed E-state index contributed by atoms with van der Waals surface area (Å²) in [6.07, 6.45) is 4.73. The van der Waals surface area contributed by atoms with Gasteiger partial charge in [0.2, 0.25) is 0 Å². The number of urea groups is 1. The van der Waals surface area contributed by atoms with Crippen LogP contribution in [0.15, 0.2) is 47.6 Å². The topological polar surface area (TPSA) is 73.8 Å². The molecule has 0 fully saturated rings. The zero-order chi connectivity index (χ0) is 12.8. The van der Waals surface area contributed by atoms with Crippen molar-refractivity contribution in [3.8, 4) is 0 Å². The summed E-state index contributed by atoms with van der Waals surface area (Å²) in [6.45, 7) is 0.427. The van der Waals surface area contributed by atoms with Gasteiger partial charge in [0.15, 0.2) is 0 Å². The first-order valence-electron chi connectivity index (χ1n) is 5.37. The zero-order valence-electron chi connectivity index (χ0n) is 9.54. The van der Waals surface area contributed by atoms with Gasteiger partial charge in [-0.3, -0.25) is 15.1 Å². The van der Waals surface area contributed by atoms with Crippen molar-refractivity contribution >= 4 is 18.3 Å². The molecule has 0 atom stereocenters. The van der Waals surface area contributed by atoms with E-state index in [0.717, 1.165) is 0 Å². The lowest BCUT2D eigenvalue weighted by Gasteiger charge is -2.18. The smallest absolute Gasteiger partial charge is 0.279 e. The Kier molecular flexibility index (Phi) is 3.70. The molecule has 92 valence electrons. The normalized spacial score (nSPS) is 13.2. The lowest BCUT2D eigenvalue weighted by Crippen LogP contribution is -2.48. The minimum atomic E-state index is -0.438. The molecule has 3 amide bonds. The second-order valence-electron chi connectivity index (χ2n) is 3.55. The lowest BCUT2D eigenvalue weighted by molar-refractivity contribution is 0.0933. The van der Waals surface area contributed by atoms with Gasteiger partial charge in [0.1, 0.15) is 0 Å². The maximum absolute atomic E-state index is 11.6. The van der Waals surface area contributed by atoms with Crippen LogP contribution in [0.3, 0.4) is 0 Å². The number of benzene rings is 1. The molecule has 18 heavy (non-hydrogen) atoms. The predicted molar refractivity (Wildman–Crippen MR) is 66.8 cm³/mol. The van der Waals surface area contributed by atoms with Crippen LogP contribution in [0, 0.1) is 0 Å². The first-order chi connectivity index (χ1) is 8.77. The highest BCUT2D eigenvalue weighted by Crippen LogP contribution is 1.97. The first kappa shape index (κ1) is 11.8. The molecule has 6 nitrogen and oxygen atoms in total. The Bertz CT molecular complexity index is 496. The van der Waals surface area contributed by atoms with Crippen LogP contribution in [0.25, 0.3) is 0 Å². The highest BCUT2D eigenvalue weighted by Gasteiger charge is 2.12. The molecule has 0 radical (unpaired) electrons. The van der Waals surface area contributed by atoms with Crippen molar-refractivity contribution < 1.29 is 9.59 Å². The second kappa shape index (κ2) is 5.62. The van der Waals surface area contributed by atoms with E-state index in [4.69, 9.17) is 0 Å². The molecule has 1 aliphatic heterocycles. The first-order valence-corrected chi connectivity index (χ1v) is 5.37. The molecule has 1 heterocycles. The Morgan fingerprint density at radius 3 is 2.61 bits per heavy atom. The molecule has 6 heteroatoms. The van der Waals surface area contributed by atoms with Crippen LogP contribution < -0.4 is 10.9 Å².